The van der Waals surface area contributed by atoms with Gasteiger partial charge in [0.15, 0.2) is 0 Å². The summed E-state index contributed by atoms with van der Waals surface area (Å²) in [5.41, 5.74) is 0.567. The molecule has 1 aliphatic rings. The second-order valence-electron chi connectivity index (χ2n) is 4.85. The van der Waals surface area contributed by atoms with Crippen molar-refractivity contribution in [1.82, 2.24) is 10.2 Å². The van der Waals surface area contributed by atoms with Crippen LogP contribution in [0.5, 0.6) is 0 Å². The number of nitrogens with zero attached hydrogens (tertiary/aromatic N) is 1. The maximum atomic E-state index is 11.8. The van der Waals surface area contributed by atoms with Crippen LogP contribution in [0.1, 0.15) is 16.8 Å². The number of urea groups is 1. The van der Waals surface area contributed by atoms with Crippen molar-refractivity contribution < 1.29 is 14.7 Å². The minimum absolute atomic E-state index is 0.114. The first-order chi connectivity index (χ1) is 9.45. The Morgan fingerprint density at radius 1 is 1.45 bits per heavy atom. The molecule has 3 N–H and O–H groups in total. The maximum absolute atomic E-state index is 11.8. The summed E-state index contributed by atoms with van der Waals surface area (Å²) >= 11 is 3.16. The minimum Gasteiger partial charge on any atom is -0.478 e. The van der Waals surface area contributed by atoms with Gasteiger partial charge in [-0.15, -0.1) is 0 Å². The Balaban J connectivity index is 1.97. The fourth-order valence-electron chi connectivity index (χ4n) is 2.17. The zero-order chi connectivity index (χ0) is 14.7. The van der Waals surface area contributed by atoms with Crippen LogP contribution in [-0.4, -0.2) is 48.2 Å². The highest BCUT2D eigenvalue weighted by molar-refractivity contribution is 9.10. The molecule has 7 heteroatoms. The molecule has 20 heavy (non-hydrogen) atoms. The van der Waals surface area contributed by atoms with Crippen LogP contribution in [0.2, 0.25) is 0 Å². The van der Waals surface area contributed by atoms with Gasteiger partial charge in [0.05, 0.1) is 5.56 Å². The number of carboxylic acid groups (broad SMARTS) is 1. The van der Waals surface area contributed by atoms with Crippen molar-refractivity contribution in [2.45, 2.75) is 12.5 Å². The lowest BCUT2D eigenvalue weighted by atomic mass is 10.2. The number of amides is 2. The van der Waals surface area contributed by atoms with Gasteiger partial charge < -0.3 is 20.6 Å². The van der Waals surface area contributed by atoms with Crippen LogP contribution in [0.3, 0.4) is 0 Å². The molecule has 1 aliphatic heterocycles. The molecular formula is C13H16BrN3O3. The number of benzene rings is 1. The smallest absolute Gasteiger partial charge is 0.336 e. The summed E-state index contributed by atoms with van der Waals surface area (Å²) in [6.45, 7) is 1.79. The first-order valence-electron chi connectivity index (χ1n) is 6.24. The summed E-state index contributed by atoms with van der Waals surface area (Å²) in [6, 6.07) is 4.49. The summed E-state index contributed by atoms with van der Waals surface area (Å²) in [4.78, 5) is 25.0. The zero-order valence-corrected chi connectivity index (χ0v) is 12.6. The Kier molecular flexibility index (Phi) is 4.61. The third-order valence-corrected chi connectivity index (χ3v) is 3.87. The van der Waals surface area contributed by atoms with Crippen LogP contribution in [0.15, 0.2) is 22.7 Å². The third kappa shape index (κ3) is 3.71. The number of rotatable bonds is 3. The van der Waals surface area contributed by atoms with Crippen molar-refractivity contribution in [2.24, 2.45) is 0 Å². The molecule has 0 bridgehead atoms. The molecule has 1 heterocycles. The molecule has 1 atom stereocenters. The van der Waals surface area contributed by atoms with Crippen molar-refractivity contribution in [2.75, 3.05) is 25.5 Å². The van der Waals surface area contributed by atoms with Gasteiger partial charge in [-0.2, -0.15) is 0 Å². The molecule has 1 fully saturated rings. The summed E-state index contributed by atoms with van der Waals surface area (Å²) in [7, 11) is 2.01. The van der Waals surface area contributed by atoms with Crippen LogP contribution in [-0.2, 0) is 0 Å². The fourth-order valence-corrected chi connectivity index (χ4v) is 2.59. The van der Waals surface area contributed by atoms with Gasteiger partial charge in [-0.1, -0.05) is 0 Å². The van der Waals surface area contributed by atoms with Gasteiger partial charge >= 0.3 is 12.0 Å². The molecule has 1 aromatic rings. The second-order valence-corrected chi connectivity index (χ2v) is 5.70. The number of likely N-dealkylation sites (N-methyl/N-ethyl adjacent to an activating group) is 1. The summed E-state index contributed by atoms with van der Waals surface area (Å²) in [5.74, 6) is -1.04. The largest absolute Gasteiger partial charge is 0.478 e. The van der Waals surface area contributed by atoms with Crippen molar-refractivity contribution in [3.63, 3.8) is 0 Å². The van der Waals surface area contributed by atoms with E-state index in [9.17, 15) is 9.59 Å². The molecule has 2 amide bonds. The van der Waals surface area contributed by atoms with Crippen LogP contribution < -0.4 is 10.6 Å². The lowest BCUT2D eigenvalue weighted by Gasteiger charge is -2.14. The highest BCUT2D eigenvalue weighted by Gasteiger charge is 2.21. The van der Waals surface area contributed by atoms with E-state index < -0.39 is 5.97 Å². The van der Waals surface area contributed by atoms with E-state index >= 15 is 0 Å². The van der Waals surface area contributed by atoms with Crippen molar-refractivity contribution >= 4 is 33.6 Å². The van der Waals surface area contributed by atoms with E-state index in [1.54, 1.807) is 12.1 Å². The molecular weight excluding hydrogens is 326 g/mol. The number of halogens is 1. The Labute approximate surface area is 125 Å². The Morgan fingerprint density at radius 3 is 2.80 bits per heavy atom. The molecule has 0 spiro atoms. The first-order valence-corrected chi connectivity index (χ1v) is 7.04. The maximum Gasteiger partial charge on any atom is 0.336 e. The summed E-state index contributed by atoms with van der Waals surface area (Å²) < 4.78 is 0.480. The quantitative estimate of drug-likeness (QED) is 0.785. The SMILES string of the molecule is CN1CCC(NC(=O)Nc2ccc(Br)c(C(=O)O)c2)C1. The predicted octanol–water partition coefficient (Wildman–Crippen LogP) is 1.97. The number of nitrogens with one attached hydrogen (secondary N) is 2. The summed E-state index contributed by atoms with van der Waals surface area (Å²) in [6.07, 6.45) is 0.921. The van der Waals surface area contributed by atoms with E-state index in [0.717, 1.165) is 19.5 Å². The van der Waals surface area contributed by atoms with Crippen LogP contribution in [0.25, 0.3) is 0 Å². The van der Waals surface area contributed by atoms with E-state index in [-0.39, 0.29) is 17.6 Å². The predicted molar refractivity (Wildman–Crippen MR) is 79.2 cm³/mol. The van der Waals surface area contributed by atoms with Gasteiger partial charge in [-0.3, -0.25) is 0 Å². The van der Waals surface area contributed by atoms with Crippen LogP contribution in [0.4, 0.5) is 10.5 Å². The third-order valence-electron chi connectivity index (χ3n) is 3.18. The van der Waals surface area contributed by atoms with Crippen LogP contribution >= 0.6 is 15.9 Å². The minimum atomic E-state index is -1.04. The van der Waals surface area contributed by atoms with E-state index in [4.69, 9.17) is 5.11 Å². The Bertz CT molecular complexity index is 536. The van der Waals surface area contributed by atoms with Crippen molar-refractivity contribution in [3.05, 3.63) is 28.2 Å². The van der Waals surface area contributed by atoms with Crippen molar-refractivity contribution in [3.8, 4) is 0 Å². The number of hydrogen-bond acceptors (Lipinski definition) is 3. The Hall–Kier alpha value is -1.60. The molecule has 0 radical (unpaired) electrons. The van der Waals surface area contributed by atoms with Gasteiger partial charge in [-0.25, -0.2) is 9.59 Å². The van der Waals surface area contributed by atoms with Gasteiger partial charge in [-0.05, 0) is 54.1 Å². The summed E-state index contributed by atoms with van der Waals surface area (Å²) in [5, 5.41) is 14.5. The van der Waals surface area contributed by atoms with Crippen LogP contribution in [0, 0.1) is 0 Å². The molecule has 1 aromatic carbocycles. The molecule has 1 saturated heterocycles. The monoisotopic (exact) mass is 341 g/mol. The molecule has 0 aromatic heterocycles. The number of carboxylic acids is 1. The average molecular weight is 342 g/mol. The Morgan fingerprint density at radius 2 is 2.20 bits per heavy atom. The number of likely N-dealkylation sites (tertiary alicyclic amines) is 1. The highest BCUT2D eigenvalue weighted by atomic mass is 79.9. The number of hydrogen-bond donors (Lipinski definition) is 3. The zero-order valence-electron chi connectivity index (χ0n) is 11.0. The van der Waals surface area contributed by atoms with Gasteiger partial charge in [0.25, 0.3) is 0 Å². The lowest BCUT2D eigenvalue weighted by molar-refractivity contribution is 0.0696. The second kappa shape index (κ2) is 6.23. The molecule has 0 aliphatic carbocycles. The molecule has 108 valence electrons. The number of anilines is 1. The van der Waals surface area contributed by atoms with Gasteiger partial charge in [0.1, 0.15) is 0 Å². The van der Waals surface area contributed by atoms with E-state index in [2.05, 4.69) is 31.5 Å². The van der Waals surface area contributed by atoms with E-state index in [0.29, 0.717) is 10.2 Å². The van der Waals surface area contributed by atoms with Gasteiger partial charge in [0.2, 0.25) is 0 Å². The molecule has 2 rings (SSSR count). The van der Waals surface area contributed by atoms with E-state index in [1.165, 1.54) is 6.07 Å². The molecule has 0 saturated carbocycles. The van der Waals surface area contributed by atoms with Crippen molar-refractivity contribution in [1.29, 1.82) is 0 Å². The topological polar surface area (TPSA) is 81.7 Å². The fraction of sp³-hybridized carbons (Fsp3) is 0.385. The number of carbonyl (C=O) groups is 2. The first kappa shape index (κ1) is 14.8. The normalized spacial score (nSPS) is 18.8. The number of aromatic carboxylic acids is 1. The molecule has 6 nitrogen and oxygen atoms in total. The lowest BCUT2D eigenvalue weighted by Crippen LogP contribution is -2.39. The molecule has 1 unspecified atom stereocenters. The van der Waals surface area contributed by atoms with E-state index in [1.807, 2.05) is 7.05 Å². The average Bonchev–Trinajstić information content (AvgIpc) is 2.76. The number of carbonyl (C=O) groups excluding carboxylic acids is 1. The standard InChI is InChI=1S/C13H16BrN3O3/c1-17-5-4-9(7-17)16-13(20)15-8-2-3-11(14)10(6-8)12(18)19/h2-3,6,9H,4-5,7H2,1H3,(H,18,19)(H2,15,16,20). The highest BCUT2D eigenvalue weighted by Crippen LogP contribution is 2.21. The van der Waals surface area contributed by atoms with Gasteiger partial charge in [0, 0.05) is 22.7 Å².